The van der Waals surface area contributed by atoms with Crippen molar-refractivity contribution in [3.8, 4) is 11.3 Å². The van der Waals surface area contributed by atoms with Crippen molar-refractivity contribution in [1.29, 1.82) is 0 Å². The van der Waals surface area contributed by atoms with Crippen LogP contribution in [0.15, 0.2) is 64.9 Å². The van der Waals surface area contributed by atoms with Crippen LogP contribution in [0.1, 0.15) is 10.6 Å². The van der Waals surface area contributed by atoms with Crippen molar-refractivity contribution in [2.45, 2.75) is 18.2 Å². The zero-order chi connectivity index (χ0) is 17.0. The molecule has 3 aromatic rings. The zero-order valence-corrected chi connectivity index (χ0v) is 14.9. The smallest absolute Gasteiger partial charge is 0.240 e. The highest BCUT2D eigenvalue weighted by Crippen LogP contribution is 2.21. The van der Waals surface area contributed by atoms with E-state index in [0.717, 1.165) is 21.8 Å². The molecule has 0 unspecified atom stereocenters. The Labute approximate surface area is 146 Å². The van der Waals surface area contributed by atoms with Gasteiger partial charge in [0.2, 0.25) is 10.0 Å². The monoisotopic (exact) mass is 358 g/mol. The molecule has 3 rings (SSSR count). The Morgan fingerprint density at radius 3 is 2.46 bits per heavy atom. The molecular weight excluding hydrogens is 340 g/mol. The van der Waals surface area contributed by atoms with Crippen LogP contribution in [0.25, 0.3) is 11.3 Å². The average molecular weight is 358 g/mol. The van der Waals surface area contributed by atoms with E-state index in [1.165, 1.54) is 0 Å². The van der Waals surface area contributed by atoms with Crippen LogP contribution in [0.4, 0.5) is 0 Å². The minimum Gasteiger partial charge on any atom is -0.241 e. The van der Waals surface area contributed by atoms with Crippen LogP contribution in [0.5, 0.6) is 0 Å². The predicted octanol–water partition coefficient (Wildman–Crippen LogP) is 3.64. The molecule has 0 aliphatic carbocycles. The van der Waals surface area contributed by atoms with Crippen molar-refractivity contribution in [2.75, 3.05) is 6.54 Å². The molecule has 0 aliphatic heterocycles. The van der Waals surface area contributed by atoms with Crippen LogP contribution < -0.4 is 4.72 Å². The Morgan fingerprint density at radius 1 is 1.04 bits per heavy atom. The average Bonchev–Trinajstić information content (AvgIpc) is 3.05. The fourth-order valence-corrected chi connectivity index (χ4v) is 4.10. The van der Waals surface area contributed by atoms with Crippen molar-refractivity contribution in [3.05, 3.63) is 70.5 Å². The molecule has 124 valence electrons. The first-order chi connectivity index (χ1) is 11.5. The van der Waals surface area contributed by atoms with E-state index in [9.17, 15) is 8.42 Å². The maximum atomic E-state index is 12.2. The topological polar surface area (TPSA) is 59.1 Å². The number of hydrogen-bond acceptors (Lipinski definition) is 4. The summed E-state index contributed by atoms with van der Waals surface area (Å²) in [4.78, 5) is 4.86. The number of hydrogen-bond donors (Lipinski definition) is 1. The quantitative estimate of drug-likeness (QED) is 0.732. The van der Waals surface area contributed by atoms with Gasteiger partial charge in [0.15, 0.2) is 0 Å². The standard InChI is InChI=1S/C18H18N2O2S2/c1-14-7-9-16(10-8-14)24(21,22)19-12-11-18-20-17(13-23-18)15-5-3-2-4-6-15/h2-10,13,19H,11-12H2,1H3. The van der Waals surface area contributed by atoms with Gasteiger partial charge in [0.05, 0.1) is 15.6 Å². The number of thiazole rings is 1. The predicted molar refractivity (Wildman–Crippen MR) is 97.6 cm³/mol. The Balaban J connectivity index is 1.60. The Morgan fingerprint density at radius 2 is 1.75 bits per heavy atom. The Bertz CT molecular complexity index is 902. The Kier molecular flexibility index (Phi) is 5.08. The first-order valence-electron chi connectivity index (χ1n) is 7.61. The van der Waals surface area contributed by atoms with E-state index in [1.54, 1.807) is 35.6 Å². The molecule has 24 heavy (non-hydrogen) atoms. The van der Waals surface area contributed by atoms with Crippen LogP contribution in [0.2, 0.25) is 0 Å². The van der Waals surface area contributed by atoms with E-state index < -0.39 is 10.0 Å². The summed E-state index contributed by atoms with van der Waals surface area (Å²) in [7, 11) is -3.47. The molecule has 0 spiro atoms. The lowest BCUT2D eigenvalue weighted by molar-refractivity contribution is 0.581. The van der Waals surface area contributed by atoms with E-state index in [2.05, 4.69) is 9.71 Å². The maximum absolute atomic E-state index is 12.2. The van der Waals surface area contributed by atoms with Gasteiger partial charge < -0.3 is 0 Å². The van der Waals surface area contributed by atoms with Crippen molar-refractivity contribution in [3.63, 3.8) is 0 Å². The van der Waals surface area contributed by atoms with E-state index in [0.29, 0.717) is 13.0 Å². The van der Waals surface area contributed by atoms with Gasteiger partial charge in [-0.15, -0.1) is 11.3 Å². The second kappa shape index (κ2) is 7.25. The molecule has 0 saturated heterocycles. The highest BCUT2D eigenvalue weighted by atomic mass is 32.2. The fraction of sp³-hybridized carbons (Fsp3) is 0.167. The molecule has 0 atom stereocenters. The third-order valence-electron chi connectivity index (χ3n) is 3.58. The first kappa shape index (κ1) is 16.8. The van der Waals surface area contributed by atoms with Gasteiger partial charge in [0.1, 0.15) is 0 Å². The van der Waals surface area contributed by atoms with E-state index in [4.69, 9.17) is 0 Å². The zero-order valence-electron chi connectivity index (χ0n) is 13.3. The molecule has 0 amide bonds. The minimum absolute atomic E-state index is 0.289. The fourth-order valence-electron chi connectivity index (χ4n) is 2.26. The maximum Gasteiger partial charge on any atom is 0.240 e. The summed E-state index contributed by atoms with van der Waals surface area (Å²) in [5, 5.41) is 2.92. The van der Waals surface area contributed by atoms with Gasteiger partial charge in [-0.2, -0.15) is 0 Å². The Hall–Kier alpha value is -2.02. The number of nitrogens with one attached hydrogen (secondary N) is 1. The molecule has 0 saturated carbocycles. The summed E-state index contributed by atoms with van der Waals surface area (Å²) in [6.07, 6.45) is 0.572. The third kappa shape index (κ3) is 4.08. The summed E-state index contributed by atoms with van der Waals surface area (Å²) in [6.45, 7) is 2.26. The number of aryl methyl sites for hydroxylation is 1. The number of benzene rings is 2. The number of rotatable bonds is 6. The molecule has 1 N–H and O–H groups in total. The minimum atomic E-state index is -3.47. The van der Waals surface area contributed by atoms with Crippen LogP contribution in [0.3, 0.4) is 0 Å². The van der Waals surface area contributed by atoms with E-state index in [-0.39, 0.29) is 4.90 Å². The second-order valence-corrected chi connectivity index (χ2v) is 8.16. The van der Waals surface area contributed by atoms with Crippen molar-refractivity contribution in [2.24, 2.45) is 0 Å². The second-order valence-electron chi connectivity index (χ2n) is 5.45. The summed E-state index contributed by atoms with van der Waals surface area (Å²) in [5.41, 5.74) is 3.03. The lowest BCUT2D eigenvalue weighted by Gasteiger charge is -2.06. The van der Waals surface area contributed by atoms with Gasteiger partial charge in [-0.1, -0.05) is 48.0 Å². The molecule has 1 aromatic heterocycles. The molecule has 4 nitrogen and oxygen atoms in total. The van der Waals surface area contributed by atoms with Crippen molar-refractivity contribution >= 4 is 21.4 Å². The van der Waals surface area contributed by atoms with Gasteiger partial charge in [0.25, 0.3) is 0 Å². The molecule has 2 aromatic carbocycles. The molecular formula is C18H18N2O2S2. The van der Waals surface area contributed by atoms with E-state index >= 15 is 0 Å². The van der Waals surface area contributed by atoms with Gasteiger partial charge in [-0.25, -0.2) is 18.1 Å². The molecule has 0 bridgehead atoms. The van der Waals surface area contributed by atoms with Crippen molar-refractivity contribution < 1.29 is 8.42 Å². The molecule has 0 radical (unpaired) electrons. The van der Waals surface area contributed by atoms with Crippen molar-refractivity contribution in [1.82, 2.24) is 9.71 Å². The number of nitrogens with zero attached hydrogens (tertiary/aromatic N) is 1. The highest BCUT2D eigenvalue weighted by Gasteiger charge is 2.13. The number of aromatic nitrogens is 1. The summed E-state index contributed by atoms with van der Waals surface area (Å²) in [6, 6.07) is 16.8. The van der Waals surface area contributed by atoms with Gasteiger partial charge >= 0.3 is 0 Å². The SMILES string of the molecule is Cc1ccc(S(=O)(=O)NCCc2nc(-c3ccccc3)cs2)cc1. The van der Waals surface area contributed by atoms with Gasteiger partial charge in [0, 0.05) is 23.9 Å². The molecule has 0 aliphatic rings. The summed E-state index contributed by atoms with van der Waals surface area (Å²) in [5.74, 6) is 0. The van der Waals surface area contributed by atoms with E-state index in [1.807, 2.05) is 42.6 Å². The summed E-state index contributed by atoms with van der Waals surface area (Å²) < 4.78 is 27.1. The van der Waals surface area contributed by atoms with Gasteiger partial charge in [-0.3, -0.25) is 0 Å². The molecule has 6 heteroatoms. The van der Waals surface area contributed by atoms with Gasteiger partial charge in [-0.05, 0) is 19.1 Å². The summed E-state index contributed by atoms with van der Waals surface area (Å²) >= 11 is 1.55. The largest absolute Gasteiger partial charge is 0.241 e. The number of sulfonamides is 1. The van der Waals surface area contributed by atoms with Crippen LogP contribution in [0, 0.1) is 6.92 Å². The third-order valence-corrected chi connectivity index (χ3v) is 5.97. The molecule has 1 heterocycles. The van der Waals surface area contributed by atoms with Crippen LogP contribution in [-0.4, -0.2) is 19.9 Å². The molecule has 0 fully saturated rings. The highest BCUT2D eigenvalue weighted by molar-refractivity contribution is 7.89. The lowest BCUT2D eigenvalue weighted by atomic mass is 10.2. The first-order valence-corrected chi connectivity index (χ1v) is 9.97. The normalized spacial score (nSPS) is 11.5. The lowest BCUT2D eigenvalue weighted by Crippen LogP contribution is -2.25. The van der Waals surface area contributed by atoms with Crippen LogP contribution in [-0.2, 0) is 16.4 Å². The van der Waals surface area contributed by atoms with Crippen LogP contribution >= 0.6 is 11.3 Å².